The Kier molecular flexibility index (Phi) is 1.81. The third-order valence-electron chi connectivity index (χ3n) is 1.81. The van der Waals surface area contributed by atoms with E-state index in [0.29, 0.717) is 10.8 Å². The minimum absolute atomic E-state index is 0.0534. The minimum Gasteiger partial charge on any atom is -0.297 e. The van der Waals surface area contributed by atoms with Crippen LogP contribution in [0.5, 0.6) is 0 Å². The molecule has 0 aliphatic heterocycles. The first-order valence-electron chi connectivity index (χ1n) is 3.82. The number of Topliss-reactive ketones (excluding diaryl/α,β-unsaturated/α-hetero) is 1. The molecule has 0 saturated carbocycles. The number of hydrogen-bond donors (Lipinski definition) is 0. The van der Waals surface area contributed by atoms with Gasteiger partial charge in [-0.2, -0.15) is 0 Å². The van der Waals surface area contributed by atoms with Crippen molar-refractivity contribution in [1.82, 2.24) is 9.38 Å². The van der Waals surface area contributed by atoms with Crippen molar-refractivity contribution in [3.05, 3.63) is 35.4 Å². The Labute approximate surface area is 80.0 Å². The van der Waals surface area contributed by atoms with Crippen LogP contribution in [0.2, 0.25) is 5.02 Å². The van der Waals surface area contributed by atoms with Gasteiger partial charge in [-0.25, -0.2) is 4.98 Å². The Morgan fingerprint density at radius 3 is 3.08 bits per heavy atom. The van der Waals surface area contributed by atoms with Crippen LogP contribution in [0.25, 0.3) is 5.52 Å². The van der Waals surface area contributed by atoms with Gasteiger partial charge >= 0.3 is 0 Å². The van der Waals surface area contributed by atoms with Gasteiger partial charge in [-0.3, -0.25) is 9.20 Å². The van der Waals surface area contributed by atoms with E-state index in [0.717, 1.165) is 5.52 Å². The van der Waals surface area contributed by atoms with E-state index in [1.807, 2.05) is 0 Å². The van der Waals surface area contributed by atoms with E-state index in [1.165, 1.54) is 6.92 Å². The maximum atomic E-state index is 11.1. The lowest BCUT2D eigenvalue weighted by Crippen LogP contribution is -1.99. The molecule has 13 heavy (non-hydrogen) atoms. The average Bonchev–Trinajstić information content (AvgIpc) is 2.46. The van der Waals surface area contributed by atoms with Crippen LogP contribution in [0.3, 0.4) is 0 Å². The third kappa shape index (κ3) is 1.31. The second kappa shape index (κ2) is 2.85. The number of rotatable bonds is 1. The first kappa shape index (κ1) is 8.26. The zero-order valence-corrected chi connectivity index (χ0v) is 7.75. The van der Waals surface area contributed by atoms with Crippen molar-refractivity contribution >= 4 is 22.9 Å². The smallest absolute Gasteiger partial charge is 0.195 e. The minimum atomic E-state index is -0.0534. The fourth-order valence-corrected chi connectivity index (χ4v) is 1.40. The highest BCUT2D eigenvalue weighted by Crippen LogP contribution is 2.13. The van der Waals surface area contributed by atoms with Crippen LogP contribution in [0.15, 0.2) is 24.5 Å². The first-order chi connectivity index (χ1) is 6.18. The first-order valence-corrected chi connectivity index (χ1v) is 4.20. The van der Waals surface area contributed by atoms with Gasteiger partial charge in [-0.1, -0.05) is 11.6 Å². The molecule has 2 heterocycles. The Morgan fingerprint density at radius 1 is 1.62 bits per heavy atom. The standard InChI is InChI=1S/C9H7ClN2O/c1-6(13)9-11-5-8-4-7(10)2-3-12(8)9/h2-5H,1H3. The van der Waals surface area contributed by atoms with Gasteiger partial charge in [0.05, 0.1) is 11.7 Å². The normalized spacial score (nSPS) is 10.6. The van der Waals surface area contributed by atoms with Gasteiger partial charge in [0.1, 0.15) is 0 Å². The van der Waals surface area contributed by atoms with Crippen molar-refractivity contribution in [3.63, 3.8) is 0 Å². The summed E-state index contributed by atoms with van der Waals surface area (Å²) in [4.78, 5) is 15.1. The number of carbonyl (C=O) groups excluding carboxylic acids is 1. The largest absolute Gasteiger partial charge is 0.297 e. The molecule has 0 N–H and O–H groups in total. The quantitative estimate of drug-likeness (QED) is 0.653. The molecular formula is C9H7ClN2O. The molecular weight excluding hydrogens is 188 g/mol. The Hall–Kier alpha value is -1.35. The molecule has 0 aliphatic carbocycles. The van der Waals surface area contributed by atoms with E-state index >= 15 is 0 Å². The van der Waals surface area contributed by atoms with E-state index in [9.17, 15) is 4.79 Å². The summed E-state index contributed by atoms with van der Waals surface area (Å²) in [6.45, 7) is 1.49. The van der Waals surface area contributed by atoms with Crippen LogP contribution < -0.4 is 0 Å². The van der Waals surface area contributed by atoms with Crippen LogP contribution >= 0.6 is 11.6 Å². The van der Waals surface area contributed by atoms with Crippen molar-refractivity contribution in [2.45, 2.75) is 6.92 Å². The van der Waals surface area contributed by atoms with E-state index in [4.69, 9.17) is 11.6 Å². The molecule has 2 rings (SSSR count). The summed E-state index contributed by atoms with van der Waals surface area (Å²) in [6, 6.07) is 3.49. The highest BCUT2D eigenvalue weighted by molar-refractivity contribution is 6.30. The van der Waals surface area contributed by atoms with Crippen LogP contribution in [0, 0.1) is 0 Å². The molecule has 2 aromatic heterocycles. The summed E-state index contributed by atoms with van der Waals surface area (Å²) in [5.41, 5.74) is 0.831. The van der Waals surface area contributed by atoms with Gasteiger partial charge in [0, 0.05) is 18.1 Å². The number of fused-ring (bicyclic) bond motifs is 1. The molecule has 0 aromatic carbocycles. The summed E-state index contributed by atoms with van der Waals surface area (Å²) in [5, 5.41) is 0.641. The molecule has 0 atom stereocenters. The van der Waals surface area contributed by atoms with Gasteiger partial charge in [0.25, 0.3) is 0 Å². The number of hydrogen-bond acceptors (Lipinski definition) is 2. The fourth-order valence-electron chi connectivity index (χ4n) is 1.23. The van der Waals surface area contributed by atoms with E-state index in [2.05, 4.69) is 4.98 Å². The summed E-state index contributed by atoms with van der Waals surface area (Å²) in [6.07, 6.45) is 3.37. The van der Waals surface area contributed by atoms with Gasteiger partial charge in [-0.15, -0.1) is 0 Å². The second-order valence-electron chi connectivity index (χ2n) is 2.78. The number of aromatic nitrogens is 2. The summed E-state index contributed by atoms with van der Waals surface area (Å²) >= 11 is 5.78. The molecule has 0 bridgehead atoms. The van der Waals surface area contributed by atoms with Crippen LogP contribution in [-0.4, -0.2) is 15.2 Å². The van der Waals surface area contributed by atoms with E-state index < -0.39 is 0 Å². The number of ketones is 1. The number of pyridine rings is 1. The molecule has 0 fully saturated rings. The van der Waals surface area contributed by atoms with Crippen molar-refractivity contribution in [2.75, 3.05) is 0 Å². The summed E-state index contributed by atoms with van der Waals surface area (Å²) < 4.78 is 1.72. The van der Waals surface area contributed by atoms with E-state index in [-0.39, 0.29) is 5.78 Å². The third-order valence-corrected chi connectivity index (χ3v) is 2.04. The Balaban J connectivity index is 2.76. The van der Waals surface area contributed by atoms with Gasteiger partial charge in [0.2, 0.25) is 0 Å². The molecule has 0 unspecified atom stereocenters. The Morgan fingerprint density at radius 2 is 2.38 bits per heavy atom. The number of halogens is 1. The van der Waals surface area contributed by atoms with Crippen molar-refractivity contribution in [1.29, 1.82) is 0 Å². The average molecular weight is 195 g/mol. The fraction of sp³-hybridized carbons (Fsp3) is 0.111. The maximum Gasteiger partial charge on any atom is 0.195 e. The van der Waals surface area contributed by atoms with Gasteiger partial charge < -0.3 is 0 Å². The van der Waals surface area contributed by atoms with Crippen LogP contribution in [-0.2, 0) is 0 Å². The zero-order chi connectivity index (χ0) is 9.42. The molecule has 0 aliphatic rings. The number of imidazole rings is 1. The lowest BCUT2D eigenvalue weighted by Gasteiger charge is -1.96. The SMILES string of the molecule is CC(=O)c1ncc2cc(Cl)ccn12. The van der Waals surface area contributed by atoms with Crippen molar-refractivity contribution in [3.8, 4) is 0 Å². The van der Waals surface area contributed by atoms with Gasteiger partial charge in [-0.05, 0) is 12.1 Å². The summed E-state index contributed by atoms with van der Waals surface area (Å²) in [5.74, 6) is 0.383. The highest BCUT2D eigenvalue weighted by Gasteiger charge is 2.07. The van der Waals surface area contributed by atoms with Crippen molar-refractivity contribution < 1.29 is 4.79 Å². The summed E-state index contributed by atoms with van der Waals surface area (Å²) in [7, 11) is 0. The zero-order valence-electron chi connectivity index (χ0n) is 6.99. The molecule has 0 amide bonds. The molecule has 3 nitrogen and oxygen atoms in total. The predicted molar refractivity (Wildman–Crippen MR) is 50.2 cm³/mol. The Bertz CT molecular complexity index is 475. The monoisotopic (exact) mass is 194 g/mol. The molecule has 4 heteroatoms. The highest BCUT2D eigenvalue weighted by atomic mass is 35.5. The lowest BCUT2D eigenvalue weighted by molar-refractivity contribution is 0.100. The molecule has 0 spiro atoms. The van der Waals surface area contributed by atoms with E-state index in [1.54, 1.807) is 28.9 Å². The maximum absolute atomic E-state index is 11.1. The second-order valence-corrected chi connectivity index (χ2v) is 3.21. The van der Waals surface area contributed by atoms with Gasteiger partial charge in [0.15, 0.2) is 11.6 Å². The topological polar surface area (TPSA) is 34.4 Å². The lowest BCUT2D eigenvalue weighted by atomic mass is 10.4. The van der Waals surface area contributed by atoms with Crippen molar-refractivity contribution in [2.24, 2.45) is 0 Å². The van der Waals surface area contributed by atoms with Crippen LogP contribution in [0.1, 0.15) is 17.5 Å². The molecule has 0 saturated heterocycles. The molecule has 0 radical (unpaired) electrons. The molecule has 2 aromatic rings. The van der Waals surface area contributed by atoms with Crippen LogP contribution in [0.4, 0.5) is 0 Å². The predicted octanol–water partition coefficient (Wildman–Crippen LogP) is 2.19. The molecule has 66 valence electrons. The number of nitrogens with zero attached hydrogens (tertiary/aromatic N) is 2. The number of carbonyl (C=O) groups is 1.